The molecule has 0 bridgehead atoms. The standard InChI is InChI=1S/C16H25N3OS/c1-16(2,3)13-8-11(9-14(17-4)18-13)15(20)19(5)12-6-7-21-10-12/h8-9,12H,6-7,10H2,1-5H3,(H,17,18). The fourth-order valence-corrected chi connectivity index (χ4v) is 3.63. The van der Waals surface area contributed by atoms with Gasteiger partial charge in [-0.3, -0.25) is 4.79 Å². The topological polar surface area (TPSA) is 45.2 Å². The highest BCUT2D eigenvalue weighted by Crippen LogP contribution is 2.26. The summed E-state index contributed by atoms with van der Waals surface area (Å²) in [4.78, 5) is 19.2. The second-order valence-electron chi connectivity index (χ2n) is 6.56. The molecule has 1 aliphatic heterocycles. The Labute approximate surface area is 131 Å². The highest BCUT2D eigenvalue weighted by Gasteiger charge is 2.26. The predicted molar refractivity (Wildman–Crippen MR) is 90.3 cm³/mol. The van der Waals surface area contributed by atoms with Gasteiger partial charge < -0.3 is 10.2 Å². The number of hydrogen-bond donors (Lipinski definition) is 1. The van der Waals surface area contributed by atoms with Gasteiger partial charge in [-0.05, 0) is 24.3 Å². The maximum absolute atomic E-state index is 12.7. The lowest BCUT2D eigenvalue weighted by atomic mass is 9.90. The average Bonchev–Trinajstić information content (AvgIpc) is 2.98. The van der Waals surface area contributed by atoms with E-state index in [2.05, 4.69) is 31.1 Å². The zero-order valence-corrected chi connectivity index (χ0v) is 14.4. The molecule has 1 aliphatic rings. The summed E-state index contributed by atoms with van der Waals surface area (Å²) in [5.74, 6) is 3.03. The van der Waals surface area contributed by atoms with Crippen molar-refractivity contribution in [2.75, 3.05) is 30.9 Å². The first-order valence-corrected chi connectivity index (χ1v) is 8.53. The Balaban J connectivity index is 2.31. The Morgan fingerprint density at radius 3 is 2.67 bits per heavy atom. The molecule has 116 valence electrons. The van der Waals surface area contributed by atoms with Crippen molar-refractivity contribution in [1.29, 1.82) is 0 Å². The van der Waals surface area contributed by atoms with Gasteiger partial charge in [-0.25, -0.2) is 4.98 Å². The minimum absolute atomic E-state index is 0.0797. The maximum Gasteiger partial charge on any atom is 0.254 e. The third-order valence-electron chi connectivity index (χ3n) is 3.87. The zero-order valence-electron chi connectivity index (χ0n) is 13.6. The predicted octanol–water partition coefficient (Wildman–Crippen LogP) is 3.00. The van der Waals surface area contributed by atoms with E-state index >= 15 is 0 Å². The van der Waals surface area contributed by atoms with Gasteiger partial charge in [0, 0.05) is 42.6 Å². The van der Waals surface area contributed by atoms with E-state index in [-0.39, 0.29) is 11.3 Å². The summed E-state index contributed by atoms with van der Waals surface area (Å²) in [6, 6.07) is 4.13. The largest absolute Gasteiger partial charge is 0.373 e. The Bertz CT molecular complexity index is 519. The number of pyridine rings is 1. The minimum Gasteiger partial charge on any atom is -0.373 e. The van der Waals surface area contributed by atoms with E-state index < -0.39 is 0 Å². The monoisotopic (exact) mass is 307 g/mol. The molecule has 2 rings (SSSR count). The molecule has 1 aromatic heterocycles. The van der Waals surface area contributed by atoms with Crippen LogP contribution in [0.3, 0.4) is 0 Å². The fourth-order valence-electron chi connectivity index (χ4n) is 2.36. The normalized spacial score (nSPS) is 18.6. The maximum atomic E-state index is 12.7. The number of aromatic nitrogens is 1. The van der Waals surface area contributed by atoms with E-state index in [0.29, 0.717) is 6.04 Å². The molecule has 5 heteroatoms. The number of amides is 1. The van der Waals surface area contributed by atoms with E-state index in [9.17, 15) is 4.79 Å². The van der Waals surface area contributed by atoms with Crippen molar-refractivity contribution >= 4 is 23.5 Å². The number of anilines is 1. The number of carbonyl (C=O) groups is 1. The molecule has 0 aromatic carbocycles. The van der Waals surface area contributed by atoms with Crippen molar-refractivity contribution in [3.8, 4) is 0 Å². The zero-order chi connectivity index (χ0) is 15.6. The molecule has 1 N–H and O–H groups in total. The summed E-state index contributed by atoms with van der Waals surface area (Å²) in [6.45, 7) is 6.33. The molecule has 21 heavy (non-hydrogen) atoms. The van der Waals surface area contributed by atoms with Crippen LogP contribution < -0.4 is 5.32 Å². The second-order valence-corrected chi connectivity index (χ2v) is 7.71. The number of hydrogen-bond acceptors (Lipinski definition) is 4. The van der Waals surface area contributed by atoms with Crippen molar-refractivity contribution in [3.05, 3.63) is 23.4 Å². The van der Waals surface area contributed by atoms with Gasteiger partial charge in [0.15, 0.2) is 0 Å². The van der Waals surface area contributed by atoms with Crippen LogP contribution in [0.4, 0.5) is 5.82 Å². The van der Waals surface area contributed by atoms with Crippen molar-refractivity contribution in [3.63, 3.8) is 0 Å². The van der Waals surface area contributed by atoms with Crippen molar-refractivity contribution < 1.29 is 4.79 Å². The first kappa shape index (κ1) is 16.1. The van der Waals surface area contributed by atoms with Crippen LogP contribution in [0, 0.1) is 0 Å². The van der Waals surface area contributed by atoms with Gasteiger partial charge in [0.25, 0.3) is 5.91 Å². The molecule has 0 saturated carbocycles. The first-order valence-electron chi connectivity index (χ1n) is 7.38. The summed E-state index contributed by atoms with van der Waals surface area (Å²) >= 11 is 1.92. The van der Waals surface area contributed by atoms with Crippen LogP contribution in [0.15, 0.2) is 12.1 Å². The molecule has 1 unspecified atom stereocenters. The van der Waals surface area contributed by atoms with Crippen LogP contribution in [-0.2, 0) is 5.41 Å². The Morgan fingerprint density at radius 2 is 2.14 bits per heavy atom. The van der Waals surface area contributed by atoms with Gasteiger partial charge >= 0.3 is 0 Å². The van der Waals surface area contributed by atoms with Gasteiger partial charge in [-0.2, -0.15) is 11.8 Å². The molecule has 1 saturated heterocycles. The van der Waals surface area contributed by atoms with E-state index in [1.807, 2.05) is 42.9 Å². The lowest BCUT2D eigenvalue weighted by Gasteiger charge is -2.25. The molecule has 1 aromatic rings. The van der Waals surface area contributed by atoms with Crippen LogP contribution in [0.1, 0.15) is 43.2 Å². The van der Waals surface area contributed by atoms with Gasteiger partial charge in [-0.15, -0.1) is 0 Å². The highest BCUT2D eigenvalue weighted by atomic mass is 32.2. The number of thioether (sulfide) groups is 1. The summed E-state index contributed by atoms with van der Waals surface area (Å²) in [6.07, 6.45) is 1.09. The minimum atomic E-state index is -0.0797. The van der Waals surface area contributed by atoms with Crippen LogP contribution >= 0.6 is 11.8 Å². The van der Waals surface area contributed by atoms with Crippen molar-refractivity contribution in [2.45, 2.75) is 38.6 Å². The molecule has 1 amide bonds. The van der Waals surface area contributed by atoms with Gasteiger partial charge in [0.05, 0.1) is 0 Å². The van der Waals surface area contributed by atoms with Gasteiger partial charge in [-0.1, -0.05) is 20.8 Å². The Morgan fingerprint density at radius 1 is 1.43 bits per heavy atom. The summed E-state index contributed by atoms with van der Waals surface area (Å²) < 4.78 is 0. The van der Waals surface area contributed by atoms with Crippen molar-refractivity contribution in [2.24, 2.45) is 0 Å². The highest BCUT2D eigenvalue weighted by molar-refractivity contribution is 7.99. The average molecular weight is 307 g/mol. The molecular formula is C16H25N3OS. The quantitative estimate of drug-likeness (QED) is 0.932. The van der Waals surface area contributed by atoms with Crippen LogP contribution in [0.25, 0.3) is 0 Å². The first-order chi connectivity index (χ1) is 9.82. The summed E-state index contributed by atoms with van der Waals surface area (Å²) in [7, 11) is 3.75. The van der Waals surface area contributed by atoms with E-state index in [1.54, 1.807) is 0 Å². The molecule has 2 heterocycles. The fraction of sp³-hybridized carbons (Fsp3) is 0.625. The lowest BCUT2D eigenvalue weighted by Crippen LogP contribution is -2.37. The molecular weight excluding hydrogens is 282 g/mol. The smallest absolute Gasteiger partial charge is 0.254 e. The third kappa shape index (κ3) is 3.70. The molecule has 1 atom stereocenters. The van der Waals surface area contributed by atoms with Gasteiger partial charge in [0.2, 0.25) is 0 Å². The number of rotatable bonds is 3. The summed E-state index contributed by atoms with van der Waals surface area (Å²) in [5.41, 5.74) is 1.58. The van der Waals surface area contributed by atoms with Crippen LogP contribution in [0.5, 0.6) is 0 Å². The van der Waals surface area contributed by atoms with Gasteiger partial charge in [0.1, 0.15) is 5.82 Å². The number of nitrogens with zero attached hydrogens (tertiary/aromatic N) is 2. The summed E-state index contributed by atoms with van der Waals surface area (Å²) in [5, 5.41) is 3.06. The third-order valence-corrected chi connectivity index (χ3v) is 5.02. The molecule has 0 aliphatic carbocycles. The van der Waals surface area contributed by atoms with E-state index in [1.165, 1.54) is 0 Å². The Kier molecular flexibility index (Phi) is 4.81. The van der Waals surface area contributed by atoms with Crippen LogP contribution in [0.2, 0.25) is 0 Å². The van der Waals surface area contributed by atoms with E-state index in [4.69, 9.17) is 0 Å². The Hall–Kier alpha value is -1.23. The molecule has 4 nitrogen and oxygen atoms in total. The molecule has 0 radical (unpaired) electrons. The molecule has 1 fully saturated rings. The van der Waals surface area contributed by atoms with E-state index in [0.717, 1.165) is 35.0 Å². The van der Waals surface area contributed by atoms with Crippen LogP contribution in [-0.4, -0.2) is 47.4 Å². The second kappa shape index (κ2) is 6.26. The molecule has 0 spiro atoms. The lowest BCUT2D eigenvalue weighted by molar-refractivity contribution is 0.0747. The number of carbonyl (C=O) groups excluding carboxylic acids is 1. The SMILES string of the molecule is CNc1cc(C(=O)N(C)C2CCSC2)cc(C(C)(C)C)n1. The van der Waals surface area contributed by atoms with Crippen molar-refractivity contribution in [1.82, 2.24) is 9.88 Å². The number of nitrogens with one attached hydrogen (secondary N) is 1.